The lowest BCUT2D eigenvalue weighted by atomic mass is 10.2. The van der Waals surface area contributed by atoms with Gasteiger partial charge in [-0.3, -0.25) is 0 Å². The van der Waals surface area contributed by atoms with Gasteiger partial charge in [-0.15, -0.1) is 11.3 Å². The van der Waals surface area contributed by atoms with Crippen LogP contribution >= 0.6 is 45.5 Å². The average Bonchev–Trinajstić information content (AvgIpc) is 3.08. The molecule has 1 fully saturated rings. The van der Waals surface area contributed by atoms with Crippen LogP contribution in [0.1, 0.15) is 41.0 Å². The maximum absolute atomic E-state index is 6.19. The normalized spacial score (nSPS) is 15.1. The molecule has 2 aromatic heterocycles. The third-order valence-corrected chi connectivity index (χ3v) is 5.33. The summed E-state index contributed by atoms with van der Waals surface area (Å²) >= 11 is 10.1. The molecule has 0 spiro atoms. The Bertz CT molecular complexity index is 595. The van der Waals surface area contributed by atoms with Crippen molar-refractivity contribution in [3.63, 3.8) is 0 Å². The summed E-state index contributed by atoms with van der Waals surface area (Å²) in [5, 5.41) is 3.71. The van der Waals surface area contributed by atoms with E-state index in [2.05, 4.69) is 42.9 Å². The van der Waals surface area contributed by atoms with Gasteiger partial charge >= 0.3 is 0 Å². The fourth-order valence-electron chi connectivity index (χ4n) is 1.84. The van der Waals surface area contributed by atoms with Gasteiger partial charge in [0.2, 0.25) is 0 Å². The lowest BCUT2D eigenvalue weighted by molar-refractivity contribution is 0.876. The first-order chi connectivity index (χ1) is 8.63. The molecule has 0 aromatic carbocycles. The Morgan fingerprint density at radius 1 is 1.39 bits per heavy atom. The first kappa shape index (κ1) is 12.7. The first-order valence-electron chi connectivity index (χ1n) is 5.76. The van der Waals surface area contributed by atoms with Crippen LogP contribution in [-0.2, 0) is 6.42 Å². The summed E-state index contributed by atoms with van der Waals surface area (Å²) in [4.78, 5) is 13.5. The molecule has 0 atom stereocenters. The van der Waals surface area contributed by atoms with E-state index in [4.69, 9.17) is 11.6 Å². The minimum Gasteiger partial charge on any atom is -0.246 e. The van der Waals surface area contributed by atoms with E-state index in [0.29, 0.717) is 17.5 Å². The second-order valence-corrected chi connectivity index (χ2v) is 6.94. The molecular formula is C12H11ClIN3S. The maximum atomic E-state index is 6.19. The second-order valence-electron chi connectivity index (χ2n) is 4.44. The molecule has 18 heavy (non-hydrogen) atoms. The summed E-state index contributed by atoms with van der Waals surface area (Å²) in [5.74, 6) is 1.38. The molecule has 3 nitrogen and oxygen atoms in total. The smallest absolute Gasteiger partial charge is 0.146 e. The number of halogens is 2. The van der Waals surface area contributed by atoms with Gasteiger partial charge in [0.05, 0.1) is 26.4 Å². The van der Waals surface area contributed by atoms with Crippen LogP contribution in [0.2, 0.25) is 5.15 Å². The molecule has 0 bridgehead atoms. The predicted octanol–water partition coefficient (Wildman–Crippen LogP) is 3.97. The number of aromatic nitrogens is 3. The van der Waals surface area contributed by atoms with Crippen molar-refractivity contribution in [3.8, 4) is 0 Å². The minimum absolute atomic E-state index is 0.578. The van der Waals surface area contributed by atoms with Crippen LogP contribution in [0.15, 0.2) is 5.38 Å². The SMILES string of the molecule is Cc1nc(Cc2nc(Cl)c(I)c(C3CC3)n2)cs1. The largest absolute Gasteiger partial charge is 0.246 e. The quantitative estimate of drug-likeness (QED) is 0.587. The molecule has 1 saturated carbocycles. The van der Waals surface area contributed by atoms with Crippen LogP contribution in [0.5, 0.6) is 0 Å². The topological polar surface area (TPSA) is 38.7 Å². The Morgan fingerprint density at radius 2 is 2.17 bits per heavy atom. The van der Waals surface area contributed by atoms with Crippen LogP contribution in [0.3, 0.4) is 0 Å². The highest BCUT2D eigenvalue weighted by atomic mass is 127. The molecular weight excluding hydrogens is 381 g/mol. The molecule has 2 heterocycles. The molecule has 0 unspecified atom stereocenters. The van der Waals surface area contributed by atoms with Crippen LogP contribution in [0.4, 0.5) is 0 Å². The molecule has 3 rings (SSSR count). The van der Waals surface area contributed by atoms with Crippen LogP contribution in [0.25, 0.3) is 0 Å². The highest BCUT2D eigenvalue weighted by Gasteiger charge is 2.29. The Kier molecular flexibility index (Phi) is 3.55. The van der Waals surface area contributed by atoms with Crippen molar-refractivity contribution in [1.29, 1.82) is 0 Å². The molecule has 1 aliphatic rings. The van der Waals surface area contributed by atoms with Crippen LogP contribution < -0.4 is 0 Å². The number of hydrogen-bond acceptors (Lipinski definition) is 4. The van der Waals surface area contributed by atoms with Gasteiger partial charge in [-0.25, -0.2) is 15.0 Å². The summed E-state index contributed by atoms with van der Waals surface area (Å²) in [7, 11) is 0. The van der Waals surface area contributed by atoms with Crippen molar-refractivity contribution in [1.82, 2.24) is 15.0 Å². The Hall–Kier alpha value is -0.270. The average molecular weight is 392 g/mol. The molecule has 0 N–H and O–H groups in total. The van der Waals surface area contributed by atoms with Gasteiger partial charge in [0, 0.05) is 11.3 Å². The third-order valence-electron chi connectivity index (χ3n) is 2.85. The zero-order valence-electron chi connectivity index (χ0n) is 9.78. The van der Waals surface area contributed by atoms with Gasteiger partial charge in [0.15, 0.2) is 0 Å². The molecule has 0 saturated heterocycles. The van der Waals surface area contributed by atoms with E-state index >= 15 is 0 Å². The molecule has 2 aromatic rings. The van der Waals surface area contributed by atoms with E-state index in [1.165, 1.54) is 12.8 Å². The van der Waals surface area contributed by atoms with Crippen molar-refractivity contribution < 1.29 is 0 Å². The van der Waals surface area contributed by atoms with Crippen LogP contribution in [0, 0.1) is 10.5 Å². The van der Waals surface area contributed by atoms with Crippen molar-refractivity contribution >= 4 is 45.5 Å². The molecule has 0 aliphatic heterocycles. The number of nitrogens with zero attached hydrogens (tertiary/aromatic N) is 3. The van der Waals surface area contributed by atoms with E-state index in [1.807, 2.05) is 6.92 Å². The Labute approximate surface area is 128 Å². The minimum atomic E-state index is 0.578. The Balaban J connectivity index is 1.92. The third kappa shape index (κ3) is 2.67. The maximum Gasteiger partial charge on any atom is 0.146 e. The molecule has 1 aliphatic carbocycles. The van der Waals surface area contributed by atoms with Gasteiger partial charge < -0.3 is 0 Å². The van der Waals surface area contributed by atoms with Crippen LogP contribution in [-0.4, -0.2) is 15.0 Å². The summed E-state index contributed by atoms with van der Waals surface area (Å²) in [6.45, 7) is 2.01. The number of thiazole rings is 1. The van der Waals surface area contributed by atoms with E-state index < -0.39 is 0 Å². The monoisotopic (exact) mass is 391 g/mol. The molecule has 94 valence electrons. The van der Waals surface area contributed by atoms with Gasteiger partial charge in [0.1, 0.15) is 11.0 Å². The van der Waals surface area contributed by atoms with Crippen molar-refractivity contribution in [2.45, 2.75) is 32.1 Å². The zero-order chi connectivity index (χ0) is 12.7. The number of rotatable bonds is 3. The molecule has 0 amide bonds. The van der Waals surface area contributed by atoms with Gasteiger partial charge in [0.25, 0.3) is 0 Å². The van der Waals surface area contributed by atoms with E-state index in [0.717, 1.165) is 25.8 Å². The summed E-state index contributed by atoms with van der Waals surface area (Å²) in [5.41, 5.74) is 2.15. The number of aryl methyl sites for hydroxylation is 1. The van der Waals surface area contributed by atoms with E-state index in [1.54, 1.807) is 11.3 Å². The fourth-order valence-corrected chi connectivity index (χ4v) is 3.33. The lowest BCUT2D eigenvalue weighted by Crippen LogP contribution is -2.04. The van der Waals surface area contributed by atoms with Crippen molar-refractivity contribution in [3.05, 3.63) is 36.3 Å². The van der Waals surface area contributed by atoms with E-state index in [-0.39, 0.29) is 0 Å². The van der Waals surface area contributed by atoms with Gasteiger partial charge in [-0.1, -0.05) is 11.6 Å². The molecule has 6 heteroatoms. The standard InChI is InChI=1S/C12H11ClIN3S/c1-6-15-8(5-18-6)4-9-16-11(7-2-3-7)10(14)12(13)17-9/h5,7H,2-4H2,1H3. The van der Waals surface area contributed by atoms with Crippen molar-refractivity contribution in [2.75, 3.05) is 0 Å². The van der Waals surface area contributed by atoms with E-state index in [9.17, 15) is 0 Å². The summed E-state index contributed by atoms with van der Waals surface area (Å²) < 4.78 is 1.01. The second kappa shape index (κ2) is 5.02. The lowest BCUT2D eigenvalue weighted by Gasteiger charge is -2.06. The number of hydrogen-bond donors (Lipinski definition) is 0. The first-order valence-corrected chi connectivity index (χ1v) is 8.10. The summed E-state index contributed by atoms with van der Waals surface area (Å²) in [6.07, 6.45) is 3.11. The van der Waals surface area contributed by atoms with Gasteiger partial charge in [-0.2, -0.15) is 0 Å². The Morgan fingerprint density at radius 3 is 2.78 bits per heavy atom. The highest BCUT2D eigenvalue weighted by molar-refractivity contribution is 14.1. The summed E-state index contributed by atoms with van der Waals surface area (Å²) in [6, 6.07) is 0. The fraction of sp³-hybridized carbons (Fsp3) is 0.417. The van der Waals surface area contributed by atoms with Gasteiger partial charge in [-0.05, 0) is 42.4 Å². The van der Waals surface area contributed by atoms with Crippen molar-refractivity contribution in [2.24, 2.45) is 0 Å². The highest BCUT2D eigenvalue weighted by Crippen LogP contribution is 2.42. The zero-order valence-corrected chi connectivity index (χ0v) is 13.5. The molecule has 0 radical (unpaired) electrons. The predicted molar refractivity (Wildman–Crippen MR) is 81.4 cm³/mol.